The lowest BCUT2D eigenvalue weighted by atomic mass is 10.1. The number of hydrogen-bond acceptors (Lipinski definition) is 8. The van der Waals surface area contributed by atoms with Gasteiger partial charge in [0.15, 0.2) is 11.5 Å². The smallest absolute Gasteiger partial charge is 0.338 e. The van der Waals surface area contributed by atoms with Crippen LogP contribution in [0.2, 0.25) is 0 Å². The number of esters is 4. The van der Waals surface area contributed by atoms with E-state index >= 15 is 0 Å². The van der Waals surface area contributed by atoms with Crippen molar-refractivity contribution in [1.82, 2.24) is 0 Å². The third-order valence-electron chi connectivity index (χ3n) is 2.99. The van der Waals surface area contributed by atoms with Crippen molar-refractivity contribution < 1.29 is 38.1 Å². The zero-order chi connectivity index (χ0) is 19.7. The molecule has 0 heterocycles. The number of carbonyl (C=O) groups is 4. The number of hydrogen-bond donors (Lipinski definition) is 0. The van der Waals surface area contributed by atoms with Crippen LogP contribution in [0.5, 0.6) is 17.2 Å². The fraction of sp³-hybridized carbons (Fsp3) is 0.444. The van der Waals surface area contributed by atoms with Gasteiger partial charge < -0.3 is 18.9 Å². The van der Waals surface area contributed by atoms with Gasteiger partial charge in [-0.15, -0.1) is 0 Å². The minimum absolute atomic E-state index is 0.00935. The van der Waals surface area contributed by atoms with E-state index in [1.54, 1.807) is 0 Å². The lowest BCUT2D eigenvalue weighted by Crippen LogP contribution is -2.13. The summed E-state index contributed by atoms with van der Waals surface area (Å²) in [4.78, 5) is 46.2. The Morgan fingerprint density at radius 2 is 1.31 bits per heavy atom. The molecule has 0 fully saturated rings. The summed E-state index contributed by atoms with van der Waals surface area (Å²) < 4.78 is 20.1. The van der Waals surface area contributed by atoms with E-state index in [9.17, 15) is 19.2 Å². The van der Waals surface area contributed by atoms with E-state index in [1.165, 1.54) is 12.1 Å². The molecule has 0 saturated heterocycles. The lowest BCUT2D eigenvalue weighted by molar-refractivity contribution is -0.135. The molecular formula is C18H22O8. The molecule has 0 bridgehead atoms. The fourth-order valence-corrected chi connectivity index (χ4v) is 2.00. The van der Waals surface area contributed by atoms with Gasteiger partial charge in [0.2, 0.25) is 5.75 Å². The molecule has 0 radical (unpaired) electrons. The molecule has 0 spiro atoms. The Balaban J connectivity index is 3.25. The van der Waals surface area contributed by atoms with Crippen LogP contribution in [0.1, 0.15) is 57.3 Å². The van der Waals surface area contributed by atoms with Crippen LogP contribution in [0.4, 0.5) is 0 Å². The average Bonchev–Trinajstić information content (AvgIpc) is 2.52. The van der Waals surface area contributed by atoms with Crippen LogP contribution < -0.4 is 14.2 Å². The maximum Gasteiger partial charge on any atom is 0.338 e. The second-order valence-electron chi connectivity index (χ2n) is 5.43. The molecule has 0 aliphatic heterocycles. The molecule has 26 heavy (non-hydrogen) atoms. The highest BCUT2D eigenvalue weighted by Gasteiger charge is 2.23. The van der Waals surface area contributed by atoms with Crippen LogP contribution in [-0.2, 0) is 19.1 Å². The first-order chi connectivity index (χ1) is 12.2. The van der Waals surface area contributed by atoms with E-state index in [0.29, 0.717) is 6.42 Å². The highest BCUT2D eigenvalue weighted by atomic mass is 16.6. The van der Waals surface area contributed by atoms with Crippen LogP contribution in [0.25, 0.3) is 0 Å². The summed E-state index contributed by atoms with van der Waals surface area (Å²) in [5.74, 6) is -3.55. The van der Waals surface area contributed by atoms with Crippen molar-refractivity contribution in [2.24, 2.45) is 0 Å². The van der Waals surface area contributed by atoms with Gasteiger partial charge in [0.25, 0.3) is 0 Å². The van der Waals surface area contributed by atoms with Crippen LogP contribution in [0.3, 0.4) is 0 Å². The highest BCUT2D eigenvalue weighted by Crippen LogP contribution is 2.39. The summed E-state index contributed by atoms with van der Waals surface area (Å²) in [5, 5.41) is 0. The summed E-state index contributed by atoms with van der Waals surface area (Å²) in [5.41, 5.74) is -0.00935. The molecule has 8 heteroatoms. The van der Waals surface area contributed by atoms with E-state index in [4.69, 9.17) is 18.9 Å². The number of carbonyl (C=O) groups excluding carboxylic acids is 4. The summed E-state index contributed by atoms with van der Waals surface area (Å²) in [6.45, 7) is 5.65. The zero-order valence-corrected chi connectivity index (χ0v) is 15.2. The Morgan fingerprint density at radius 1 is 0.808 bits per heavy atom. The van der Waals surface area contributed by atoms with Gasteiger partial charge in [-0.1, -0.05) is 19.8 Å². The quantitative estimate of drug-likeness (QED) is 0.393. The second-order valence-corrected chi connectivity index (χ2v) is 5.43. The van der Waals surface area contributed by atoms with Gasteiger partial charge in [0.1, 0.15) is 0 Å². The van der Waals surface area contributed by atoms with Gasteiger partial charge >= 0.3 is 23.9 Å². The molecule has 0 aromatic heterocycles. The third kappa shape index (κ3) is 6.92. The molecule has 0 amide bonds. The molecule has 0 saturated carbocycles. The Labute approximate surface area is 151 Å². The van der Waals surface area contributed by atoms with Crippen molar-refractivity contribution >= 4 is 23.9 Å². The third-order valence-corrected chi connectivity index (χ3v) is 2.99. The maximum atomic E-state index is 12.2. The monoisotopic (exact) mass is 366 g/mol. The van der Waals surface area contributed by atoms with Crippen molar-refractivity contribution in [3.05, 3.63) is 17.7 Å². The van der Waals surface area contributed by atoms with Crippen LogP contribution >= 0.6 is 0 Å². The Hall–Kier alpha value is -2.90. The van der Waals surface area contributed by atoms with Crippen molar-refractivity contribution in [2.45, 2.75) is 47.0 Å². The summed E-state index contributed by atoms with van der Waals surface area (Å²) in [7, 11) is 0. The molecule has 0 N–H and O–H groups in total. The van der Waals surface area contributed by atoms with Gasteiger partial charge in [-0.3, -0.25) is 14.4 Å². The topological polar surface area (TPSA) is 105 Å². The molecule has 1 rings (SSSR count). The van der Waals surface area contributed by atoms with Crippen LogP contribution in [0.15, 0.2) is 12.1 Å². The molecule has 1 aromatic carbocycles. The van der Waals surface area contributed by atoms with E-state index in [-0.39, 0.29) is 29.4 Å². The van der Waals surface area contributed by atoms with Gasteiger partial charge in [-0.25, -0.2) is 4.79 Å². The van der Waals surface area contributed by atoms with E-state index in [0.717, 1.165) is 33.6 Å². The Bertz CT molecular complexity index is 655. The number of unbranched alkanes of at least 4 members (excludes halogenated alkanes) is 2. The zero-order valence-electron chi connectivity index (χ0n) is 15.2. The maximum absolute atomic E-state index is 12.2. The lowest BCUT2D eigenvalue weighted by Gasteiger charge is -2.14. The van der Waals surface area contributed by atoms with Crippen molar-refractivity contribution in [1.29, 1.82) is 0 Å². The molecular weight excluding hydrogens is 344 g/mol. The normalized spacial score (nSPS) is 10.0. The molecule has 142 valence electrons. The van der Waals surface area contributed by atoms with Crippen molar-refractivity contribution in [3.63, 3.8) is 0 Å². The first-order valence-electron chi connectivity index (χ1n) is 8.15. The van der Waals surface area contributed by atoms with E-state index in [2.05, 4.69) is 0 Å². The molecule has 0 aliphatic carbocycles. The molecule has 0 aliphatic rings. The number of ether oxygens (including phenoxy) is 4. The van der Waals surface area contributed by atoms with E-state index in [1.807, 2.05) is 6.92 Å². The fourth-order valence-electron chi connectivity index (χ4n) is 2.00. The van der Waals surface area contributed by atoms with Crippen LogP contribution in [-0.4, -0.2) is 30.5 Å². The standard InChI is InChI=1S/C18H22O8/c1-5-6-7-8-23-18(22)14-9-15(24-11(2)19)17(26-13(4)21)16(10-14)25-12(3)20/h9-10H,5-8H2,1-4H3. The van der Waals surface area contributed by atoms with Gasteiger partial charge in [0.05, 0.1) is 12.2 Å². The van der Waals surface area contributed by atoms with Gasteiger partial charge in [0, 0.05) is 20.8 Å². The molecule has 0 atom stereocenters. The summed E-state index contributed by atoms with van der Waals surface area (Å²) in [6, 6.07) is 2.38. The average molecular weight is 366 g/mol. The molecule has 0 unspecified atom stereocenters. The molecule has 1 aromatic rings. The van der Waals surface area contributed by atoms with E-state index < -0.39 is 23.9 Å². The minimum atomic E-state index is -0.721. The minimum Gasteiger partial charge on any atom is -0.462 e. The SMILES string of the molecule is CCCCCOC(=O)c1cc(OC(C)=O)c(OC(C)=O)c(OC(C)=O)c1. The summed E-state index contributed by atoms with van der Waals surface area (Å²) >= 11 is 0. The second kappa shape index (κ2) is 10.2. The first-order valence-corrected chi connectivity index (χ1v) is 8.15. The summed E-state index contributed by atoms with van der Waals surface area (Å²) in [6.07, 6.45) is 2.60. The Kier molecular flexibility index (Phi) is 8.27. The van der Waals surface area contributed by atoms with Gasteiger partial charge in [-0.2, -0.15) is 0 Å². The highest BCUT2D eigenvalue weighted by molar-refractivity contribution is 5.92. The first kappa shape index (κ1) is 21.1. The number of rotatable bonds is 8. The largest absolute Gasteiger partial charge is 0.462 e. The van der Waals surface area contributed by atoms with Crippen molar-refractivity contribution in [3.8, 4) is 17.2 Å². The van der Waals surface area contributed by atoms with Crippen LogP contribution in [0, 0.1) is 0 Å². The number of benzene rings is 1. The predicted octanol–water partition coefficient (Wildman–Crippen LogP) is 2.81. The van der Waals surface area contributed by atoms with Crippen molar-refractivity contribution in [2.75, 3.05) is 6.61 Å². The Morgan fingerprint density at radius 3 is 1.73 bits per heavy atom. The molecule has 8 nitrogen and oxygen atoms in total. The van der Waals surface area contributed by atoms with Gasteiger partial charge in [-0.05, 0) is 18.6 Å². The predicted molar refractivity (Wildman–Crippen MR) is 90.2 cm³/mol.